The molecule has 0 unspecified atom stereocenters. The topological polar surface area (TPSA) is 49.4 Å². The van der Waals surface area contributed by atoms with Crippen molar-refractivity contribution in [2.45, 2.75) is 38.8 Å². The molecule has 1 amide bonds. The lowest BCUT2D eigenvalue weighted by Crippen LogP contribution is -2.25. The Morgan fingerprint density at radius 1 is 0.926 bits per heavy atom. The van der Waals surface area contributed by atoms with Gasteiger partial charge in [-0.15, -0.1) is 0 Å². The number of nitrogens with zero attached hydrogens (tertiary/aromatic N) is 1. The maximum atomic E-state index is 12.9. The lowest BCUT2D eigenvalue weighted by Gasteiger charge is -2.17. The summed E-state index contributed by atoms with van der Waals surface area (Å²) in [5, 5.41) is 2.91. The monoisotopic (exact) mass is 368 g/mol. The Hall–Kier alpha value is -2.53. The largest absolute Gasteiger partial charge is 0.352 e. The summed E-state index contributed by atoms with van der Waals surface area (Å²) < 4.78 is 12.9. The quantitative estimate of drug-likeness (QED) is 0.723. The van der Waals surface area contributed by atoms with Crippen molar-refractivity contribution in [2.24, 2.45) is 0 Å². The molecular weight excluding hydrogens is 343 g/mol. The molecule has 0 spiro atoms. The van der Waals surface area contributed by atoms with Gasteiger partial charge in [0.2, 0.25) is 5.91 Å². The van der Waals surface area contributed by atoms with Crippen LogP contribution in [-0.4, -0.2) is 29.7 Å². The molecular formula is C22H25FN2O2. The van der Waals surface area contributed by atoms with Gasteiger partial charge in [0.1, 0.15) is 5.82 Å². The van der Waals surface area contributed by atoms with Crippen LogP contribution in [-0.2, 0) is 17.9 Å². The third-order valence-corrected chi connectivity index (χ3v) is 4.93. The number of carbonyl (C=O) groups is 2. The zero-order valence-corrected chi connectivity index (χ0v) is 15.4. The molecule has 0 saturated carbocycles. The molecule has 0 radical (unpaired) electrons. The lowest BCUT2D eigenvalue weighted by atomic mass is 10.1. The van der Waals surface area contributed by atoms with Crippen LogP contribution >= 0.6 is 0 Å². The van der Waals surface area contributed by atoms with Crippen molar-refractivity contribution < 1.29 is 14.0 Å². The van der Waals surface area contributed by atoms with Gasteiger partial charge < -0.3 is 5.32 Å². The van der Waals surface area contributed by atoms with Crippen LogP contribution in [0.1, 0.15) is 47.2 Å². The third kappa shape index (κ3) is 5.73. The summed E-state index contributed by atoms with van der Waals surface area (Å²) in [5.74, 6) is -0.682. The van der Waals surface area contributed by atoms with Gasteiger partial charge in [-0.25, -0.2) is 4.39 Å². The first-order valence-corrected chi connectivity index (χ1v) is 9.46. The number of carbonyl (C=O) groups excluding carboxylic acids is 2. The first kappa shape index (κ1) is 19.2. The van der Waals surface area contributed by atoms with Crippen LogP contribution in [0.2, 0.25) is 0 Å². The SMILES string of the molecule is O=C(CCC(=O)c1ccc(F)cc1)NCc1ccccc1CN1CCCC1. The number of Topliss-reactive ketones (excluding diaryl/α,β-unsaturated/α-hetero) is 1. The Bertz CT molecular complexity index is 783. The van der Waals surface area contributed by atoms with E-state index in [1.807, 2.05) is 18.2 Å². The molecule has 1 aliphatic heterocycles. The van der Waals surface area contributed by atoms with Crippen LogP contribution in [0.3, 0.4) is 0 Å². The minimum atomic E-state index is -0.378. The first-order valence-electron chi connectivity index (χ1n) is 9.46. The number of ketones is 1. The second-order valence-corrected chi connectivity index (χ2v) is 6.96. The van der Waals surface area contributed by atoms with Crippen LogP contribution in [0, 0.1) is 5.82 Å². The molecule has 0 aromatic heterocycles. The number of likely N-dealkylation sites (tertiary alicyclic amines) is 1. The standard InChI is InChI=1S/C22H25FN2O2/c23-20-9-7-17(8-10-20)21(26)11-12-22(27)24-15-18-5-1-2-6-19(18)16-25-13-3-4-14-25/h1-2,5-10H,3-4,11-16H2,(H,24,27). The number of amides is 1. The average Bonchev–Trinajstić information content (AvgIpc) is 3.19. The van der Waals surface area contributed by atoms with E-state index in [0.29, 0.717) is 12.1 Å². The molecule has 1 aliphatic rings. The molecule has 1 fully saturated rings. The maximum absolute atomic E-state index is 12.9. The van der Waals surface area contributed by atoms with Crippen molar-refractivity contribution in [2.75, 3.05) is 13.1 Å². The van der Waals surface area contributed by atoms with Crippen LogP contribution in [0.5, 0.6) is 0 Å². The van der Waals surface area contributed by atoms with Gasteiger partial charge in [-0.05, 0) is 61.3 Å². The molecule has 0 bridgehead atoms. The minimum absolute atomic E-state index is 0.118. The highest BCUT2D eigenvalue weighted by Crippen LogP contribution is 2.16. The second kappa shape index (κ2) is 9.42. The van der Waals surface area contributed by atoms with Crippen molar-refractivity contribution in [3.63, 3.8) is 0 Å². The minimum Gasteiger partial charge on any atom is -0.352 e. The van der Waals surface area contributed by atoms with Crippen molar-refractivity contribution >= 4 is 11.7 Å². The number of nitrogens with one attached hydrogen (secondary N) is 1. The third-order valence-electron chi connectivity index (χ3n) is 4.93. The van der Waals surface area contributed by atoms with Crippen LogP contribution in [0.15, 0.2) is 48.5 Å². The van der Waals surface area contributed by atoms with Crippen LogP contribution in [0.4, 0.5) is 4.39 Å². The average molecular weight is 368 g/mol. The first-order chi connectivity index (χ1) is 13.1. The highest BCUT2D eigenvalue weighted by Gasteiger charge is 2.14. The van der Waals surface area contributed by atoms with Gasteiger partial charge in [0.25, 0.3) is 0 Å². The van der Waals surface area contributed by atoms with Crippen molar-refractivity contribution in [3.05, 3.63) is 71.0 Å². The number of rotatable bonds is 8. The molecule has 1 saturated heterocycles. The van der Waals surface area contributed by atoms with Gasteiger partial charge in [-0.2, -0.15) is 0 Å². The Morgan fingerprint density at radius 2 is 1.59 bits per heavy atom. The van der Waals surface area contributed by atoms with Crippen LogP contribution < -0.4 is 5.32 Å². The van der Waals surface area contributed by atoms with Crippen molar-refractivity contribution in [1.82, 2.24) is 10.2 Å². The highest BCUT2D eigenvalue weighted by atomic mass is 19.1. The van der Waals surface area contributed by atoms with Gasteiger partial charge in [0, 0.05) is 31.5 Å². The fourth-order valence-electron chi connectivity index (χ4n) is 3.36. The van der Waals surface area contributed by atoms with E-state index >= 15 is 0 Å². The number of hydrogen-bond acceptors (Lipinski definition) is 3. The van der Waals surface area contributed by atoms with E-state index in [2.05, 4.69) is 16.3 Å². The van der Waals surface area contributed by atoms with Gasteiger partial charge in [0.05, 0.1) is 0 Å². The predicted molar refractivity (Wildman–Crippen MR) is 103 cm³/mol. The fraction of sp³-hybridized carbons (Fsp3) is 0.364. The number of halogens is 1. The van der Waals surface area contributed by atoms with E-state index < -0.39 is 0 Å². The molecule has 142 valence electrons. The van der Waals surface area contributed by atoms with E-state index in [-0.39, 0.29) is 30.3 Å². The Kier molecular flexibility index (Phi) is 6.71. The summed E-state index contributed by atoms with van der Waals surface area (Å²) >= 11 is 0. The Balaban J connectivity index is 1.47. The molecule has 1 N–H and O–H groups in total. The van der Waals surface area contributed by atoms with E-state index in [0.717, 1.165) is 25.2 Å². The molecule has 1 heterocycles. The lowest BCUT2D eigenvalue weighted by molar-refractivity contribution is -0.121. The second-order valence-electron chi connectivity index (χ2n) is 6.96. The van der Waals surface area contributed by atoms with Crippen LogP contribution in [0.25, 0.3) is 0 Å². The molecule has 3 rings (SSSR count). The van der Waals surface area contributed by atoms with Gasteiger partial charge in [0.15, 0.2) is 5.78 Å². The summed E-state index contributed by atoms with van der Waals surface area (Å²) in [6.45, 7) is 3.64. The molecule has 2 aromatic carbocycles. The van der Waals surface area contributed by atoms with Crippen molar-refractivity contribution in [1.29, 1.82) is 0 Å². The zero-order chi connectivity index (χ0) is 19.1. The van der Waals surface area contributed by atoms with E-state index in [1.165, 1.54) is 42.7 Å². The predicted octanol–water partition coefficient (Wildman–Crippen LogP) is 3.70. The summed E-state index contributed by atoms with van der Waals surface area (Å²) in [4.78, 5) is 26.6. The Morgan fingerprint density at radius 3 is 2.30 bits per heavy atom. The highest BCUT2D eigenvalue weighted by molar-refractivity contribution is 5.97. The normalized spacial score (nSPS) is 14.3. The summed E-state index contributed by atoms with van der Waals surface area (Å²) in [5.41, 5.74) is 2.78. The molecule has 4 nitrogen and oxygen atoms in total. The molecule has 0 atom stereocenters. The summed E-state index contributed by atoms with van der Waals surface area (Å²) in [7, 11) is 0. The molecule has 2 aromatic rings. The van der Waals surface area contributed by atoms with Gasteiger partial charge in [-0.3, -0.25) is 14.5 Å². The summed E-state index contributed by atoms with van der Waals surface area (Å²) in [6.07, 6.45) is 2.75. The number of benzene rings is 2. The smallest absolute Gasteiger partial charge is 0.220 e. The van der Waals surface area contributed by atoms with Gasteiger partial charge >= 0.3 is 0 Å². The van der Waals surface area contributed by atoms with Crippen molar-refractivity contribution in [3.8, 4) is 0 Å². The fourth-order valence-corrected chi connectivity index (χ4v) is 3.36. The molecule has 0 aliphatic carbocycles. The number of hydrogen-bond donors (Lipinski definition) is 1. The Labute approximate surface area is 159 Å². The maximum Gasteiger partial charge on any atom is 0.220 e. The van der Waals surface area contributed by atoms with E-state index in [1.54, 1.807) is 0 Å². The zero-order valence-electron chi connectivity index (χ0n) is 15.4. The molecule has 27 heavy (non-hydrogen) atoms. The summed E-state index contributed by atoms with van der Waals surface area (Å²) in [6, 6.07) is 13.6. The van der Waals surface area contributed by atoms with E-state index in [4.69, 9.17) is 0 Å². The molecule has 5 heteroatoms. The van der Waals surface area contributed by atoms with Gasteiger partial charge in [-0.1, -0.05) is 24.3 Å². The van der Waals surface area contributed by atoms with E-state index in [9.17, 15) is 14.0 Å².